The molecule has 0 aliphatic carbocycles. The lowest BCUT2D eigenvalue weighted by Crippen LogP contribution is -2.15. The standard InChI is InChI=1S/C24H24Cl2N2O5S2.C2H4O3S/c1-4-8-19(33-35(31,32)23-13-7-11-21(26)17(23)3)15-18-9-5-14-24(27-18)28-34(29,30)22-12-6-10-20(25)16(22)2;1-2-6(3,4)5/h5-7,9-15H,4,8H2,1-3H3,(H,27,28);2H,1H2,(H,3,4,5)/b19-15-;. The van der Waals surface area contributed by atoms with Gasteiger partial charge in [-0.05, 0) is 67.8 Å². The van der Waals surface area contributed by atoms with Gasteiger partial charge in [-0.25, -0.2) is 13.4 Å². The van der Waals surface area contributed by atoms with Gasteiger partial charge in [-0.3, -0.25) is 9.27 Å². The molecule has 1 aromatic heterocycles. The summed E-state index contributed by atoms with van der Waals surface area (Å²) in [4.78, 5) is 4.30. The number of rotatable bonds is 10. The van der Waals surface area contributed by atoms with Crippen molar-refractivity contribution in [1.82, 2.24) is 4.98 Å². The molecular weight excluding hydrogens is 635 g/mol. The molecule has 0 unspecified atom stereocenters. The van der Waals surface area contributed by atoms with Crippen LogP contribution in [0.4, 0.5) is 5.82 Å². The number of hydrogen-bond donors (Lipinski definition) is 2. The first-order valence-electron chi connectivity index (χ1n) is 11.8. The van der Waals surface area contributed by atoms with Crippen LogP contribution >= 0.6 is 23.2 Å². The Kier molecular flexibility index (Phi) is 11.9. The van der Waals surface area contributed by atoms with Crippen LogP contribution in [0.1, 0.15) is 36.6 Å². The van der Waals surface area contributed by atoms with Crippen LogP contribution in [0.3, 0.4) is 0 Å². The highest BCUT2D eigenvalue weighted by molar-refractivity contribution is 7.92. The van der Waals surface area contributed by atoms with Crippen molar-refractivity contribution in [2.24, 2.45) is 0 Å². The van der Waals surface area contributed by atoms with Crippen LogP contribution in [0.5, 0.6) is 0 Å². The molecular formula is C26H28Cl2N2O8S3. The van der Waals surface area contributed by atoms with Crippen molar-refractivity contribution in [2.45, 2.75) is 43.4 Å². The number of aromatic nitrogens is 1. The predicted octanol–water partition coefficient (Wildman–Crippen LogP) is 6.37. The van der Waals surface area contributed by atoms with Crippen LogP contribution in [0.25, 0.3) is 6.08 Å². The number of hydrogen-bond acceptors (Lipinski definition) is 8. The van der Waals surface area contributed by atoms with Gasteiger partial charge in [-0.15, -0.1) is 0 Å². The smallest absolute Gasteiger partial charge is 0.339 e. The van der Waals surface area contributed by atoms with E-state index in [9.17, 15) is 25.3 Å². The second-order valence-corrected chi connectivity index (χ2v) is 13.7. The summed E-state index contributed by atoms with van der Waals surface area (Å²) < 4.78 is 86.0. The van der Waals surface area contributed by atoms with E-state index in [1.807, 2.05) is 6.92 Å². The fourth-order valence-corrected chi connectivity index (χ4v) is 6.22. The molecule has 0 aliphatic rings. The minimum Gasteiger partial charge on any atom is -0.383 e. The molecule has 10 nitrogen and oxygen atoms in total. The Labute approximate surface area is 250 Å². The summed E-state index contributed by atoms with van der Waals surface area (Å²) in [6.07, 6.45) is 2.39. The van der Waals surface area contributed by atoms with Gasteiger partial charge >= 0.3 is 10.1 Å². The molecule has 0 saturated heterocycles. The van der Waals surface area contributed by atoms with Gasteiger partial charge in [0.15, 0.2) is 0 Å². The van der Waals surface area contributed by atoms with Gasteiger partial charge < -0.3 is 4.18 Å². The summed E-state index contributed by atoms with van der Waals surface area (Å²) in [5.74, 6) is 0.215. The maximum absolute atomic E-state index is 12.9. The zero-order valence-corrected chi connectivity index (χ0v) is 26.2. The van der Waals surface area contributed by atoms with Gasteiger partial charge in [0.1, 0.15) is 16.5 Å². The molecule has 0 fully saturated rings. The summed E-state index contributed by atoms with van der Waals surface area (Å²) in [6, 6.07) is 13.9. The zero-order valence-electron chi connectivity index (χ0n) is 22.2. The van der Waals surface area contributed by atoms with Gasteiger partial charge in [0.05, 0.1) is 16.0 Å². The van der Waals surface area contributed by atoms with E-state index in [-0.39, 0.29) is 21.4 Å². The third-order valence-electron chi connectivity index (χ3n) is 5.24. The van der Waals surface area contributed by atoms with E-state index in [0.29, 0.717) is 45.1 Å². The van der Waals surface area contributed by atoms with Gasteiger partial charge in [0.25, 0.3) is 20.1 Å². The molecule has 0 amide bonds. The van der Waals surface area contributed by atoms with Crippen LogP contribution in [0.2, 0.25) is 10.0 Å². The summed E-state index contributed by atoms with van der Waals surface area (Å²) in [6.45, 7) is 7.88. The maximum atomic E-state index is 12.9. The molecule has 0 spiro atoms. The fourth-order valence-electron chi connectivity index (χ4n) is 3.25. The van der Waals surface area contributed by atoms with E-state index in [1.54, 1.807) is 44.2 Å². The van der Waals surface area contributed by atoms with Crippen molar-refractivity contribution in [3.63, 3.8) is 0 Å². The van der Waals surface area contributed by atoms with Gasteiger partial charge in [-0.1, -0.05) is 54.9 Å². The van der Waals surface area contributed by atoms with Crippen LogP contribution in [-0.2, 0) is 34.4 Å². The lowest BCUT2D eigenvalue weighted by molar-refractivity contribution is 0.393. The maximum Gasteiger partial charge on any atom is 0.339 e. The number of anilines is 1. The monoisotopic (exact) mass is 662 g/mol. The van der Waals surface area contributed by atoms with E-state index in [0.717, 1.165) is 0 Å². The van der Waals surface area contributed by atoms with Crippen molar-refractivity contribution < 1.29 is 34.0 Å². The largest absolute Gasteiger partial charge is 0.383 e. The van der Waals surface area contributed by atoms with Crippen molar-refractivity contribution in [3.8, 4) is 0 Å². The quantitative estimate of drug-likeness (QED) is 0.143. The van der Waals surface area contributed by atoms with E-state index < -0.39 is 30.3 Å². The normalized spacial score (nSPS) is 12.2. The van der Waals surface area contributed by atoms with Gasteiger partial charge in [0.2, 0.25) is 0 Å². The van der Waals surface area contributed by atoms with Crippen LogP contribution in [0.15, 0.2) is 82.1 Å². The summed E-state index contributed by atoms with van der Waals surface area (Å²) in [5, 5.41) is 1.11. The molecule has 1 heterocycles. The summed E-state index contributed by atoms with van der Waals surface area (Å²) in [7, 11) is -12.0. The molecule has 2 aromatic carbocycles. The second-order valence-electron chi connectivity index (χ2n) is 8.36. The Hall–Kier alpha value is -2.94. The number of sulfonamides is 1. The molecule has 0 saturated carbocycles. The van der Waals surface area contributed by atoms with E-state index in [4.69, 9.17) is 31.9 Å². The Morgan fingerprint density at radius 2 is 1.44 bits per heavy atom. The number of benzene rings is 2. The van der Waals surface area contributed by atoms with E-state index in [1.165, 1.54) is 30.3 Å². The Morgan fingerprint density at radius 3 is 1.98 bits per heavy atom. The molecule has 15 heteroatoms. The Morgan fingerprint density at radius 1 is 0.927 bits per heavy atom. The highest BCUT2D eigenvalue weighted by Gasteiger charge is 2.22. The number of nitrogens with zero attached hydrogens (tertiary/aromatic N) is 1. The van der Waals surface area contributed by atoms with E-state index >= 15 is 0 Å². The molecule has 0 bridgehead atoms. The fraction of sp³-hybridized carbons (Fsp3) is 0.192. The molecule has 2 N–H and O–H groups in total. The first kappa shape index (κ1) is 34.3. The van der Waals surface area contributed by atoms with Crippen molar-refractivity contribution in [3.05, 3.63) is 99.2 Å². The Balaban J connectivity index is 0.000000883. The van der Waals surface area contributed by atoms with E-state index in [2.05, 4.69) is 16.3 Å². The lowest BCUT2D eigenvalue weighted by Gasteiger charge is -2.13. The average Bonchev–Trinajstić information content (AvgIpc) is 2.87. The highest BCUT2D eigenvalue weighted by atomic mass is 35.5. The van der Waals surface area contributed by atoms with Crippen LogP contribution < -0.4 is 4.72 Å². The Bertz CT molecular complexity index is 1760. The predicted molar refractivity (Wildman–Crippen MR) is 160 cm³/mol. The molecule has 222 valence electrons. The van der Waals surface area contributed by atoms with Crippen molar-refractivity contribution in [1.29, 1.82) is 0 Å². The average molecular weight is 664 g/mol. The topological polar surface area (TPSA) is 157 Å². The third-order valence-corrected chi connectivity index (χ3v) is 9.39. The molecule has 41 heavy (non-hydrogen) atoms. The SMILES string of the molecule is C=CS(=O)(=O)O.CCC/C(=C/c1cccc(NS(=O)(=O)c2cccc(Cl)c2C)n1)OS(=O)(=O)c1cccc(Cl)c1C. The van der Waals surface area contributed by atoms with Crippen LogP contribution in [-0.4, -0.2) is 34.8 Å². The molecule has 3 aromatic rings. The number of pyridine rings is 1. The molecule has 3 rings (SSSR count). The molecule has 0 atom stereocenters. The third kappa shape index (κ3) is 10.1. The second kappa shape index (κ2) is 14.3. The highest BCUT2D eigenvalue weighted by Crippen LogP contribution is 2.28. The molecule has 0 aliphatic heterocycles. The van der Waals surface area contributed by atoms with Crippen molar-refractivity contribution >= 4 is 65.4 Å². The van der Waals surface area contributed by atoms with Crippen molar-refractivity contribution in [2.75, 3.05) is 4.72 Å². The first-order valence-corrected chi connectivity index (χ1v) is 16.9. The lowest BCUT2D eigenvalue weighted by atomic mass is 10.2. The number of allylic oxidation sites excluding steroid dienone is 1. The van der Waals surface area contributed by atoms with Gasteiger partial charge in [-0.2, -0.15) is 16.8 Å². The molecule has 0 radical (unpaired) electrons. The summed E-state index contributed by atoms with van der Waals surface area (Å²) in [5.41, 5.74) is 1.11. The summed E-state index contributed by atoms with van der Waals surface area (Å²) >= 11 is 12.1. The minimum atomic E-state index is -4.14. The first-order chi connectivity index (χ1) is 19.0. The number of halogens is 2. The number of nitrogens with one attached hydrogen (secondary N) is 1. The zero-order chi connectivity index (χ0) is 31.0. The van der Waals surface area contributed by atoms with Crippen LogP contribution in [0, 0.1) is 13.8 Å². The minimum absolute atomic E-state index is 0.0293. The van der Waals surface area contributed by atoms with Gasteiger partial charge in [0, 0.05) is 22.5 Å².